The number of rotatable bonds is 9. The van der Waals surface area contributed by atoms with Gasteiger partial charge in [-0.3, -0.25) is 0 Å². The number of sulfone groups is 1. The molecular weight excluding hydrogens is 246 g/mol. The van der Waals surface area contributed by atoms with E-state index >= 15 is 0 Å². The van der Waals surface area contributed by atoms with Gasteiger partial charge in [0.1, 0.15) is 9.84 Å². The van der Waals surface area contributed by atoms with Crippen molar-refractivity contribution in [2.24, 2.45) is 5.73 Å². The fourth-order valence-electron chi connectivity index (χ4n) is 1.12. The molecule has 0 aromatic carbocycles. The van der Waals surface area contributed by atoms with Crippen LogP contribution >= 0.6 is 11.8 Å². The summed E-state index contributed by atoms with van der Waals surface area (Å²) in [6, 6.07) is 0. The molecule has 0 saturated heterocycles. The zero-order valence-corrected chi connectivity index (χ0v) is 11.7. The van der Waals surface area contributed by atoms with Crippen LogP contribution < -0.4 is 5.73 Å². The van der Waals surface area contributed by atoms with E-state index in [0.29, 0.717) is 5.75 Å². The molecule has 16 heavy (non-hydrogen) atoms. The summed E-state index contributed by atoms with van der Waals surface area (Å²) in [5.41, 5.74) is 5.30. The van der Waals surface area contributed by atoms with Gasteiger partial charge in [0, 0.05) is 17.5 Å². The first-order valence-electron chi connectivity index (χ1n) is 5.42. The topological polar surface area (TPSA) is 80.4 Å². The van der Waals surface area contributed by atoms with E-state index in [2.05, 4.69) is 0 Å². The number of aliphatic hydroxyl groups excluding tert-OH is 1. The molecule has 4 nitrogen and oxygen atoms in total. The van der Waals surface area contributed by atoms with Crippen LogP contribution in [0, 0.1) is 0 Å². The molecule has 0 aliphatic rings. The summed E-state index contributed by atoms with van der Waals surface area (Å²) in [7, 11) is -2.82. The molecule has 0 amide bonds. The fourth-order valence-corrected chi connectivity index (χ4v) is 3.42. The zero-order valence-electron chi connectivity index (χ0n) is 10.1. The molecule has 1 unspecified atom stereocenters. The van der Waals surface area contributed by atoms with Gasteiger partial charge in [0.05, 0.1) is 12.4 Å². The van der Waals surface area contributed by atoms with Crippen LogP contribution in [0.15, 0.2) is 0 Å². The first-order valence-corrected chi connectivity index (χ1v) is 8.63. The van der Waals surface area contributed by atoms with Gasteiger partial charge in [-0.25, -0.2) is 8.42 Å². The summed E-state index contributed by atoms with van der Waals surface area (Å²) in [5.74, 6) is 1.87. The monoisotopic (exact) mass is 269 g/mol. The highest BCUT2D eigenvalue weighted by molar-refractivity contribution is 8.00. The molecule has 0 aliphatic heterocycles. The average Bonchev–Trinajstić information content (AvgIpc) is 2.14. The molecule has 0 rings (SSSR count). The van der Waals surface area contributed by atoms with Crippen LogP contribution in [0.2, 0.25) is 0 Å². The lowest BCUT2D eigenvalue weighted by Gasteiger charge is -2.21. The quantitative estimate of drug-likeness (QED) is 0.601. The Labute approximate surface area is 103 Å². The standard InChI is InChI=1S/C10H23NO3S2/c1-10(11,9-12)5-3-4-6-15-7-8-16(2,13)14/h12H,3-9,11H2,1-2H3. The van der Waals surface area contributed by atoms with E-state index in [4.69, 9.17) is 10.8 Å². The molecule has 0 spiro atoms. The lowest BCUT2D eigenvalue weighted by Crippen LogP contribution is -2.39. The van der Waals surface area contributed by atoms with E-state index in [9.17, 15) is 8.42 Å². The van der Waals surface area contributed by atoms with E-state index in [1.165, 1.54) is 6.26 Å². The SMILES string of the molecule is CC(N)(CO)CCCCSCCS(C)(=O)=O. The van der Waals surface area contributed by atoms with Crippen molar-refractivity contribution < 1.29 is 13.5 Å². The number of nitrogens with two attached hydrogens (primary N) is 1. The number of aliphatic hydroxyl groups is 1. The van der Waals surface area contributed by atoms with E-state index in [1.54, 1.807) is 11.8 Å². The summed E-state index contributed by atoms with van der Waals surface area (Å²) in [6.07, 6.45) is 4.05. The Kier molecular flexibility index (Phi) is 7.63. The zero-order chi connectivity index (χ0) is 12.7. The molecule has 3 N–H and O–H groups in total. The Bertz CT molecular complexity index is 276. The van der Waals surface area contributed by atoms with Crippen molar-refractivity contribution in [1.29, 1.82) is 0 Å². The van der Waals surface area contributed by atoms with Gasteiger partial charge in [0.2, 0.25) is 0 Å². The molecule has 0 aromatic heterocycles. The number of unbranched alkanes of at least 4 members (excludes halogenated alkanes) is 1. The summed E-state index contributed by atoms with van der Waals surface area (Å²) < 4.78 is 21.7. The van der Waals surface area contributed by atoms with Gasteiger partial charge in [-0.2, -0.15) is 11.8 Å². The molecule has 98 valence electrons. The summed E-state index contributed by atoms with van der Waals surface area (Å²) in [6.45, 7) is 1.85. The van der Waals surface area contributed by atoms with Crippen LogP contribution in [0.3, 0.4) is 0 Å². The first kappa shape index (κ1) is 16.2. The van der Waals surface area contributed by atoms with E-state index in [0.717, 1.165) is 25.0 Å². The van der Waals surface area contributed by atoms with Gasteiger partial charge < -0.3 is 10.8 Å². The first-order chi connectivity index (χ1) is 7.27. The third-order valence-electron chi connectivity index (χ3n) is 2.25. The van der Waals surface area contributed by atoms with Crippen molar-refractivity contribution >= 4 is 21.6 Å². The van der Waals surface area contributed by atoms with Crippen LogP contribution in [0.25, 0.3) is 0 Å². The predicted octanol–water partition coefficient (Wildman–Crippen LogP) is 0.644. The maximum Gasteiger partial charge on any atom is 0.148 e. The molecule has 0 radical (unpaired) electrons. The summed E-state index contributed by atoms with van der Waals surface area (Å²) >= 11 is 1.66. The number of hydrogen-bond acceptors (Lipinski definition) is 5. The number of hydrogen-bond donors (Lipinski definition) is 2. The fraction of sp³-hybridized carbons (Fsp3) is 1.00. The van der Waals surface area contributed by atoms with Crippen molar-refractivity contribution in [2.45, 2.75) is 31.7 Å². The van der Waals surface area contributed by atoms with Crippen molar-refractivity contribution in [1.82, 2.24) is 0 Å². The molecule has 0 fully saturated rings. The minimum Gasteiger partial charge on any atom is -0.394 e. The highest BCUT2D eigenvalue weighted by atomic mass is 32.2. The van der Waals surface area contributed by atoms with Gasteiger partial charge >= 0.3 is 0 Å². The second-order valence-electron chi connectivity index (χ2n) is 4.51. The Morgan fingerprint density at radius 3 is 2.44 bits per heavy atom. The van der Waals surface area contributed by atoms with E-state index in [1.807, 2.05) is 6.92 Å². The highest BCUT2D eigenvalue weighted by Crippen LogP contribution is 2.12. The van der Waals surface area contributed by atoms with Crippen LogP contribution in [-0.2, 0) is 9.84 Å². The lowest BCUT2D eigenvalue weighted by molar-refractivity contribution is 0.198. The summed E-state index contributed by atoms with van der Waals surface area (Å²) in [5, 5.41) is 8.93. The molecule has 0 aromatic rings. The van der Waals surface area contributed by atoms with Crippen LogP contribution in [0.4, 0.5) is 0 Å². The molecule has 0 heterocycles. The maximum atomic E-state index is 10.8. The largest absolute Gasteiger partial charge is 0.394 e. The lowest BCUT2D eigenvalue weighted by atomic mass is 9.98. The van der Waals surface area contributed by atoms with Crippen LogP contribution in [0.5, 0.6) is 0 Å². The Morgan fingerprint density at radius 2 is 1.94 bits per heavy atom. The highest BCUT2D eigenvalue weighted by Gasteiger charge is 2.15. The number of thioether (sulfide) groups is 1. The average molecular weight is 269 g/mol. The third-order valence-corrected chi connectivity index (χ3v) is 4.52. The molecular formula is C10H23NO3S2. The molecule has 1 atom stereocenters. The Hall–Kier alpha value is 0.220. The minimum atomic E-state index is -2.82. The van der Waals surface area contributed by atoms with Crippen molar-refractivity contribution in [3.05, 3.63) is 0 Å². The normalized spacial score (nSPS) is 16.0. The molecule has 0 aliphatic carbocycles. The van der Waals surface area contributed by atoms with E-state index < -0.39 is 15.4 Å². The minimum absolute atomic E-state index is 0.00816. The third kappa shape index (κ3) is 10.7. The van der Waals surface area contributed by atoms with Gasteiger partial charge in [0.25, 0.3) is 0 Å². The second kappa shape index (κ2) is 7.53. The van der Waals surface area contributed by atoms with Gasteiger partial charge in [-0.05, 0) is 25.5 Å². The van der Waals surface area contributed by atoms with Crippen molar-refractivity contribution in [3.8, 4) is 0 Å². The molecule has 0 saturated carbocycles. The second-order valence-corrected chi connectivity index (χ2v) is 8.00. The van der Waals surface area contributed by atoms with Crippen molar-refractivity contribution in [3.63, 3.8) is 0 Å². The predicted molar refractivity (Wildman–Crippen MR) is 70.6 cm³/mol. The van der Waals surface area contributed by atoms with Gasteiger partial charge in [-0.15, -0.1) is 0 Å². The van der Waals surface area contributed by atoms with Crippen LogP contribution in [0.1, 0.15) is 26.2 Å². The molecule has 6 heteroatoms. The summed E-state index contributed by atoms with van der Waals surface area (Å²) in [4.78, 5) is 0. The van der Waals surface area contributed by atoms with E-state index in [-0.39, 0.29) is 12.4 Å². The molecule has 0 bridgehead atoms. The van der Waals surface area contributed by atoms with Gasteiger partial charge in [-0.1, -0.05) is 6.42 Å². The van der Waals surface area contributed by atoms with Gasteiger partial charge in [0.15, 0.2) is 0 Å². The maximum absolute atomic E-state index is 10.8. The van der Waals surface area contributed by atoms with Crippen molar-refractivity contribution in [2.75, 3.05) is 30.1 Å². The Balaban J connectivity index is 3.35. The smallest absolute Gasteiger partial charge is 0.148 e. The van der Waals surface area contributed by atoms with Crippen LogP contribution in [-0.4, -0.2) is 49.2 Å². The Morgan fingerprint density at radius 1 is 1.31 bits per heavy atom.